The first kappa shape index (κ1) is 23.2. The molecule has 3 aromatic carbocycles. The van der Waals surface area contributed by atoms with Gasteiger partial charge in [-0.05, 0) is 66.2 Å². The minimum atomic E-state index is -4.02. The van der Waals surface area contributed by atoms with Gasteiger partial charge >= 0.3 is 0 Å². The highest BCUT2D eigenvalue weighted by atomic mass is 32.2. The van der Waals surface area contributed by atoms with E-state index < -0.39 is 21.7 Å². The Labute approximate surface area is 196 Å². The maximum absolute atomic E-state index is 13.2. The van der Waals surface area contributed by atoms with Crippen LogP contribution < -0.4 is 10.0 Å². The lowest BCUT2D eigenvalue weighted by molar-refractivity contribution is 0.0929. The van der Waals surface area contributed by atoms with E-state index in [1.807, 2.05) is 12.1 Å². The van der Waals surface area contributed by atoms with E-state index in [9.17, 15) is 17.6 Å². The number of halogens is 1. The molecule has 0 bridgehead atoms. The van der Waals surface area contributed by atoms with E-state index in [1.165, 1.54) is 12.1 Å². The first-order valence-corrected chi connectivity index (χ1v) is 11.8. The van der Waals surface area contributed by atoms with E-state index >= 15 is 0 Å². The van der Waals surface area contributed by atoms with Gasteiger partial charge in [-0.3, -0.25) is 9.52 Å². The van der Waals surface area contributed by atoms with Crippen molar-refractivity contribution in [2.75, 3.05) is 10.0 Å². The number of carbonyl (C=O) groups is 1. The quantitative estimate of drug-likeness (QED) is 0.344. The zero-order chi connectivity index (χ0) is 24.0. The molecule has 0 aliphatic rings. The summed E-state index contributed by atoms with van der Waals surface area (Å²) in [7, 11) is -4.02. The molecule has 4 aromatic rings. The van der Waals surface area contributed by atoms with Crippen molar-refractivity contribution < 1.29 is 26.8 Å². The largest absolute Gasteiger partial charge is 0.467 e. The highest BCUT2D eigenvalue weighted by molar-refractivity contribution is 7.92. The Morgan fingerprint density at radius 2 is 1.71 bits per heavy atom. The Bertz CT molecular complexity index is 1370. The summed E-state index contributed by atoms with van der Waals surface area (Å²) in [6.45, 7) is 0.642. The summed E-state index contributed by atoms with van der Waals surface area (Å²) < 4.78 is 51.8. The van der Waals surface area contributed by atoms with Gasteiger partial charge in [0.2, 0.25) is 0 Å². The average Bonchev–Trinajstić information content (AvgIpc) is 3.33. The fourth-order valence-electron chi connectivity index (χ4n) is 3.19. The summed E-state index contributed by atoms with van der Waals surface area (Å²) in [4.78, 5) is 12.8. The maximum Gasteiger partial charge on any atom is 0.261 e. The van der Waals surface area contributed by atoms with Gasteiger partial charge in [0.15, 0.2) is 0 Å². The highest BCUT2D eigenvalue weighted by Gasteiger charge is 2.19. The van der Waals surface area contributed by atoms with Gasteiger partial charge in [0, 0.05) is 5.69 Å². The monoisotopic (exact) mass is 480 g/mol. The van der Waals surface area contributed by atoms with Crippen LogP contribution in [0.4, 0.5) is 15.8 Å². The predicted octanol–water partition coefficient (Wildman–Crippen LogP) is 5.19. The lowest BCUT2D eigenvalue weighted by Crippen LogP contribution is -2.18. The highest BCUT2D eigenvalue weighted by Crippen LogP contribution is 2.22. The Kier molecular flexibility index (Phi) is 7.05. The number of hydrogen-bond donors (Lipinski definition) is 2. The molecule has 1 heterocycles. The van der Waals surface area contributed by atoms with Gasteiger partial charge in [-0.1, -0.05) is 24.3 Å². The van der Waals surface area contributed by atoms with Crippen molar-refractivity contribution in [3.63, 3.8) is 0 Å². The Morgan fingerprint density at radius 1 is 0.912 bits per heavy atom. The molecule has 9 heteroatoms. The summed E-state index contributed by atoms with van der Waals surface area (Å²) in [6.07, 6.45) is 1.58. The van der Waals surface area contributed by atoms with E-state index in [0.29, 0.717) is 24.7 Å². The molecule has 0 saturated carbocycles. The number of amides is 1. The molecule has 0 unspecified atom stereocenters. The molecule has 0 radical (unpaired) electrons. The van der Waals surface area contributed by atoms with Crippen LogP contribution in [-0.2, 0) is 28.0 Å². The summed E-state index contributed by atoms with van der Waals surface area (Å²) in [5, 5.41) is 2.78. The minimum absolute atomic E-state index is 0.0993. The lowest BCUT2D eigenvalue weighted by Gasteiger charge is -2.13. The van der Waals surface area contributed by atoms with Crippen LogP contribution in [0.1, 0.15) is 21.7 Å². The lowest BCUT2D eigenvalue weighted by atomic mass is 10.1. The van der Waals surface area contributed by atoms with Crippen molar-refractivity contribution in [2.24, 2.45) is 0 Å². The number of carbonyl (C=O) groups excluding carboxylic acids is 1. The normalized spacial score (nSPS) is 11.2. The van der Waals surface area contributed by atoms with Gasteiger partial charge in [0.05, 0.1) is 29.0 Å². The van der Waals surface area contributed by atoms with Crippen molar-refractivity contribution in [1.29, 1.82) is 0 Å². The van der Waals surface area contributed by atoms with Crippen molar-refractivity contribution in [3.05, 3.63) is 114 Å². The van der Waals surface area contributed by atoms with E-state index in [1.54, 1.807) is 42.7 Å². The van der Waals surface area contributed by atoms with Gasteiger partial charge < -0.3 is 14.5 Å². The molecule has 0 atom stereocenters. The summed E-state index contributed by atoms with van der Waals surface area (Å²) in [6, 6.07) is 21.4. The molecular weight excluding hydrogens is 459 g/mol. The van der Waals surface area contributed by atoms with Crippen LogP contribution in [0, 0.1) is 5.82 Å². The third-order valence-corrected chi connectivity index (χ3v) is 6.20. The predicted molar refractivity (Wildman–Crippen MR) is 125 cm³/mol. The molecule has 174 valence electrons. The van der Waals surface area contributed by atoms with E-state index in [0.717, 1.165) is 29.8 Å². The fourth-order valence-corrected chi connectivity index (χ4v) is 4.27. The molecule has 1 amide bonds. The number of ether oxygens (including phenoxy) is 1. The number of anilines is 2. The van der Waals surface area contributed by atoms with Crippen molar-refractivity contribution in [3.8, 4) is 0 Å². The molecule has 7 nitrogen and oxygen atoms in total. The Balaban J connectivity index is 1.45. The van der Waals surface area contributed by atoms with Crippen LogP contribution >= 0.6 is 0 Å². The molecule has 1 aromatic heterocycles. The Hall–Kier alpha value is -3.95. The second kappa shape index (κ2) is 10.3. The van der Waals surface area contributed by atoms with Crippen LogP contribution in [0.3, 0.4) is 0 Å². The summed E-state index contributed by atoms with van der Waals surface area (Å²) in [5.41, 5.74) is 1.60. The van der Waals surface area contributed by atoms with Gasteiger partial charge in [0.25, 0.3) is 15.9 Å². The van der Waals surface area contributed by atoms with Crippen molar-refractivity contribution in [2.45, 2.75) is 18.1 Å². The van der Waals surface area contributed by atoms with Crippen LogP contribution in [0.25, 0.3) is 0 Å². The molecule has 0 fully saturated rings. The number of furan rings is 1. The van der Waals surface area contributed by atoms with Gasteiger partial charge in [-0.15, -0.1) is 0 Å². The number of sulfonamides is 1. The van der Waals surface area contributed by atoms with Crippen LogP contribution in [0.15, 0.2) is 101 Å². The topological polar surface area (TPSA) is 97.6 Å². The minimum Gasteiger partial charge on any atom is -0.467 e. The van der Waals surface area contributed by atoms with Crippen molar-refractivity contribution in [1.82, 2.24) is 0 Å². The fraction of sp³-hybridized carbons (Fsp3) is 0.0800. The molecule has 4 rings (SSSR count). The molecule has 0 aliphatic heterocycles. The Morgan fingerprint density at radius 3 is 2.47 bits per heavy atom. The van der Waals surface area contributed by atoms with E-state index in [2.05, 4.69) is 10.0 Å². The van der Waals surface area contributed by atoms with E-state index in [-0.39, 0.29) is 16.1 Å². The summed E-state index contributed by atoms with van der Waals surface area (Å²) >= 11 is 0. The van der Waals surface area contributed by atoms with Crippen molar-refractivity contribution >= 4 is 27.3 Å². The van der Waals surface area contributed by atoms with Crippen LogP contribution in [0.2, 0.25) is 0 Å². The van der Waals surface area contributed by atoms with Gasteiger partial charge in [-0.2, -0.15) is 0 Å². The van der Waals surface area contributed by atoms with Crippen LogP contribution in [0.5, 0.6) is 0 Å². The molecule has 34 heavy (non-hydrogen) atoms. The second-order valence-electron chi connectivity index (χ2n) is 7.33. The molecule has 0 spiro atoms. The number of hydrogen-bond acceptors (Lipinski definition) is 5. The molecule has 0 aliphatic carbocycles. The third-order valence-electron chi connectivity index (χ3n) is 4.82. The standard InChI is InChI=1S/C25H21FN2O5S/c26-19-10-12-22(13-11-19)34(30,31)28-24-9-2-1-8-23(24)25(29)27-20-6-3-5-18(15-20)16-32-17-21-7-4-14-33-21/h1-15,28H,16-17H2,(H,27,29). The summed E-state index contributed by atoms with van der Waals surface area (Å²) in [5.74, 6) is -0.331. The van der Waals surface area contributed by atoms with Crippen LogP contribution in [-0.4, -0.2) is 14.3 Å². The SMILES string of the molecule is O=C(Nc1cccc(COCc2ccco2)c1)c1ccccc1NS(=O)(=O)c1ccc(F)cc1. The average molecular weight is 481 g/mol. The first-order chi connectivity index (χ1) is 16.4. The number of nitrogens with one attached hydrogen (secondary N) is 2. The number of para-hydroxylation sites is 1. The zero-order valence-electron chi connectivity index (χ0n) is 17.9. The molecule has 0 saturated heterocycles. The maximum atomic E-state index is 13.2. The van der Waals surface area contributed by atoms with E-state index in [4.69, 9.17) is 9.15 Å². The zero-order valence-corrected chi connectivity index (χ0v) is 18.7. The van der Waals surface area contributed by atoms with Gasteiger partial charge in [-0.25, -0.2) is 12.8 Å². The second-order valence-corrected chi connectivity index (χ2v) is 9.01. The third kappa shape index (κ3) is 5.89. The molecular formula is C25H21FN2O5S. The smallest absolute Gasteiger partial charge is 0.261 e. The van der Waals surface area contributed by atoms with Gasteiger partial charge in [0.1, 0.15) is 18.2 Å². The number of rotatable bonds is 9. The molecule has 2 N–H and O–H groups in total. The first-order valence-electron chi connectivity index (χ1n) is 10.3. The number of benzene rings is 3.